The first-order valence-electron chi connectivity index (χ1n) is 6.71. The molecule has 16 heavy (non-hydrogen) atoms. The third kappa shape index (κ3) is 2.76. The molecule has 2 aliphatic rings. The largest absolute Gasteiger partial charge is 0.392 e. The molecule has 94 valence electrons. The van der Waals surface area contributed by atoms with Crippen molar-refractivity contribution in [1.82, 2.24) is 10.2 Å². The van der Waals surface area contributed by atoms with Crippen molar-refractivity contribution in [1.29, 1.82) is 0 Å². The van der Waals surface area contributed by atoms with Crippen molar-refractivity contribution in [3.8, 4) is 0 Å². The molecule has 2 fully saturated rings. The van der Waals surface area contributed by atoms with Gasteiger partial charge in [-0.05, 0) is 31.6 Å². The van der Waals surface area contributed by atoms with Crippen LogP contribution in [0.15, 0.2) is 0 Å². The highest BCUT2D eigenvalue weighted by atomic mass is 16.3. The van der Waals surface area contributed by atoms with Crippen LogP contribution in [0.5, 0.6) is 0 Å². The summed E-state index contributed by atoms with van der Waals surface area (Å²) in [5.41, 5.74) is 0. The van der Waals surface area contributed by atoms with E-state index >= 15 is 0 Å². The average Bonchev–Trinajstić information content (AvgIpc) is 2.60. The molecule has 0 radical (unpaired) electrons. The Morgan fingerprint density at radius 3 is 2.62 bits per heavy atom. The van der Waals surface area contributed by atoms with E-state index in [-0.39, 0.29) is 6.10 Å². The molecule has 0 saturated carbocycles. The fraction of sp³-hybridized carbons (Fsp3) is 1.00. The molecule has 5 unspecified atom stereocenters. The number of piperidine rings is 1. The Kier molecular flexibility index (Phi) is 3.88. The van der Waals surface area contributed by atoms with Gasteiger partial charge in [0.05, 0.1) is 6.10 Å². The lowest BCUT2D eigenvalue weighted by atomic mass is 9.85. The summed E-state index contributed by atoms with van der Waals surface area (Å²) in [6.07, 6.45) is 2.16. The monoisotopic (exact) mass is 226 g/mol. The normalized spacial score (nSPS) is 46.1. The number of aliphatic hydroxyl groups excluding tert-OH is 1. The molecule has 0 bridgehead atoms. The van der Waals surface area contributed by atoms with Gasteiger partial charge in [-0.25, -0.2) is 0 Å². The van der Waals surface area contributed by atoms with Gasteiger partial charge in [-0.1, -0.05) is 13.8 Å². The molecule has 2 heterocycles. The summed E-state index contributed by atoms with van der Waals surface area (Å²) >= 11 is 0. The van der Waals surface area contributed by atoms with Crippen LogP contribution in [0.1, 0.15) is 33.6 Å². The third-order valence-electron chi connectivity index (χ3n) is 4.37. The van der Waals surface area contributed by atoms with Gasteiger partial charge in [0.2, 0.25) is 0 Å². The Hall–Kier alpha value is -0.120. The first kappa shape index (κ1) is 12.3. The van der Waals surface area contributed by atoms with Gasteiger partial charge < -0.3 is 10.4 Å². The second-order valence-electron chi connectivity index (χ2n) is 6.01. The standard InChI is InChI=1S/C13H26N2O/c1-9-4-10(2)11(3)15(7-9)8-12-5-13(16)6-14-12/h9-14,16H,4-8H2,1-3H3. The molecule has 3 nitrogen and oxygen atoms in total. The highest BCUT2D eigenvalue weighted by Gasteiger charge is 2.32. The van der Waals surface area contributed by atoms with E-state index in [1.54, 1.807) is 0 Å². The SMILES string of the molecule is CC1CC(C)C(C)N(CC2CC(O)CN2)C1. The molecular formula is C13H26N2O. The predicted molar refractivity (Wildman–Crippen MR) is 66.4 cm³/mol. The van der Waals surface area contributed by atoms with Gasteiger partial charge in [-0.2, -0.15) is 0 Å². The Labute approximate surface area is 99.2 Å². The second kappa shape index (κ2) is 5.03. The lowest BCUT2D eigenvalue weighted by Crippen LogP contribution is -2.50. The summed E-state index contributed by atoms with van der Waals surface area (Å²) in [5, 5.41) is 12.9. The average molecular weight is 226 g/mol. The van der Waals surface area contributed by atoms with E-state index in [4.69, 9.17) is 0 Å². The molecule has 5 atom stereocenters. The lowest BCUT2D eigenvalue weighted by molar-refractivity contribution is 0.0708. The molecule has 3 heteroatoms. The maximum Gasteiger partial charge on any atom is 0.0680 e. The van der Waals surface area contributed by atoms with Crippen molar-refractivity contribution in [2.75, 3.05) is 19.6 Å². The van der Waals surface area contributed by atoms with Crippen molar-refractivity contribution in [3.05, 3.63) is 0 Å². The smallest absolute Gasteiger partial charge is 0.0680 e. The summed E-state index contributed by atoms with van der Waals surface area (Å²) in [5.74, 6) is 1.62. The number of β-amino-alcohol motifs (C(OH)–C–C–N with tert-alkyl or cyclic N) is 1. The molecule has 0 aromatic heterocycles. The topological polar surface area (TPSA) is 35.5 Å². The number of hydrogen-bond donors (Lipinski definition) is 2. The van der Waals surface area contributed by atoms with Gasteiger partial charge >= 0.3 is 0 Å². The number of rotatable bonds is 2. The van der Waals surface area contributed by atoms with E-state index in [1.807, 2.05) is 0 Å². The minimum Gasteiger partial charge on any atom is -0.392 e. The van der Waals surface area contributed by atoms with Crippen molar-refractivity contribution < 1.29 is 5.11 Å². The van der Waals surface area contributed by atoms with Crippen molar-refractivity contribution in [2.45, 2.75) is 51.8 Å². The van der Waals surface area contributed by atoms with E-state index in [1.165, 1.54) is 13.0 Å². The minimum absolute atomic E-state index is 0.125. The zero-order valence-electron chi connectivity index (χ0n) is 10.8. The van der Waals surface area contributed by atoms with Crippen LogP contribution in [0.4, 0.5) is 0 Å². The fourth-order valence-electron chi connectivity index (χ4n) is 3.29. The highest BCUT2D eigenvalue weighted by molar-refractivity contribution is 4.88. The summed E-state index contributed by atoms with van der Waals surface area (Å²) in [7, 11) is 0. The highest BCUT2D eigenvalue weighted by Crippen LogP contribution is 2.27. The summed E-state index contributed by atoms with van der Waals surface area (Å²) in [4.78, 5) is 2.61. The van der Waals surface area contributed by atoms with E-state index in [0.717, 1.165) is 31.3 Å². The Morgan fingerprint density at radius 1 is 1.25 bits per heavy atom. The van der Waals surface area contributed by atoms with Crippen LogP contribution in [0.3, 0.4) is 0 Å². The van der Waals surface area contributed by atoms with Crippen molar-refractivity contribution in [3.63, 3.8) is 0 Å². The molecule has 2 aliphatic heterocycles. The van der Waals surface area contributed by atoms with Crippen LogP contribution >= 0.6 is 0 Å². The number of aliphatic hydroxyl groups is 1. The molecule has 0 spiro atoms. The summed E-state index contributed by atoms with van der Waals surface area (Å²) < 4.78 is 0. The quantitative estimate of drug-likeness (QED) is 0.739. The van der Waals surface area contributed by atoms with Crippen LogP contribution in [-0.2, 0) is 0 Å². The first-order chi connectivity index (χ1) is 7.56. The van der Waals surface area contributed by atoms with E-state index < -0.39 is 0 Å². The van der Waals surface area contributed by atoms with Crippen LogP contribution < -0.4 is 5.32 Å². The molecule has 0 amide bonds. The van der Waals surface area contributed by atoms with Gasteiger partial charge in [0.15, 0.2) is 0 Å². The van der Waals surface area contributed by atoms with Gasteiger partial charge in [-0.15, -0.1) is 0 Å². The van der Waals surface area contributed by atoms with Crippen LogP contribution in [0.2, 0.25) is 0 Å². The van der Waals surface area contributed by atoms with E-state index in [0.29, 0.717) is 12.1 Å². The second-order valence-corrected chi connectivity index (χ2v) is 6.01. The molecule has 2 saturated heterocycles. The lowest BCUT2D eigenvalue weighted by Gasteiger charge is -2.42. The van der Waals surface area contributed by atoms with Crippen molar-refractivity contribution in [2.24, 2.45) is 11.8 Å². The van der Waals surface area contributed by atoms with Gasteiger partial charge in [0, 0.05) is 31.7 Å². The van der Waals surface area contributed by atoms with Crippen LogP contribution in [0.25, 0.3) is 0 Å². The number of likely N-dealkylation sites (tertiary alicyclic amines) is 1. The molecular weight excluding hydrogens is 200 g/mol. The molecule has 2 N–H and O–H groups in total. The van der Waals surface area contributed by atoms with Crippen LogP contribution in [0, 0.1) is 11.8 Å². The maximum atomic E-state index is 9.52. The maximum absolute atomic E-state index is 9.52. The Bertz CT molecular complexity index is 234. The molecule has 2 rings (SSSR count). The molecule has 0 aromatic carbocycles. The number of nitrogens with zero attached hydrogens (tertiary/aromatic N) is 1. The van der Waals surface area contributed by atoms with Crippen LogP contribution in [-0.4, -0.2) is 47.8 Å². The summed E-state index contributed by atoms with van der Waals surface area (Å²) in [6.45, 7) is 10.2. The van der Waals surface area contributed by atoms with Crippen molar-refractivity contribution >= 4 is 0 Å². The fourth-order valence-corrected chi connectivity index (χ4v) is 3.29. The van der Waals surface area contributed by atoms with E-state index in [9.17, 15) is 5.11 Å². The Morgan fingerprint density at radius 2 is 2.00 bits per heavy atom. The Balaban J connectivity index is 1.87. The molecule has 0 aliphatic carbocycles. The minimum atomic E-state index is -0.125. The first-order valence-corrected chi connectivity index (χ1v) is 6.71. The number of hydrogen-bond acceptors (Lipinski definition) is 3. The van der Waals surface area contributed by atoms with Gasteiger partial charge in [-0.3, -0.25) is 4.90 Å². The number of nitrogens with one attached hydrogen (secondary N) is 1. The molecule has 0 aromatic rings. The zero-order valence-corrected chi connectivity index (χ0v) is 10.8. The van der Waals surface area contributed by atoms with Gasteiger partial charge in [0.25, 0.3) is 0 Å². The summed E-state index contributed by atoms with van der Waals surface area (Å²) in [6, 6.07) is 1.19. The van der Waals surface area contributed by atoms with E-state index in [2.05, 4.69) is 31.0 Å². The zero-order chi connectivity index (χ0) is 11.7. The predicted octanol–water partition coefficient (Wildman–Crippen LogP) is 1.08. The van der Waals surface area contributed by atoms with Gasteiger partial charge in [0.1, 0.15) is 0 Å². The third-order valence-corrected chi connectivity index (χ3v) is 4.37.